The van der Waals surface area contributed by atoms with E-state index in [-0.39, 0.29) is 17.9 Å². The standard InChI is InChI=1S/C30H38ClN3O4S/c1-20(29(36)32-2)33(18-21-5-4-6-26(31)14-21)28(35)19-34(39(3,37)38)27-9-7-25(8-10-27)30-15-22-11-23(16-30)13-24(12-22)17-30/h4-10,14,20,22-24H,11-13,15-19H2,1-3H3,(H,32,36)/t20-,22?,23?,24?,30?/m0/s1. The summed E-state index contributed by atoms with van der Waals surface area (Å²) >= 11 is 6.14. The van der Waals surface area contributed by atoms with Gasteiger partial charge in [-0.3, -0.25) is 13.9 Å². The van der Waals surface area contributed by atoms with Gasteiger partial charge in [0.25, 0.3) is 0 Å². The Morgan fingerprint density at radius 2 is 1.62 bits per heavy atom. The summed E-state index contributed by atoms with van der Waals surface area (Å²) in [6.07, 6.45) is 8.87. The number of halogens is 1. The Bertz CT molecular complexity index is 1310. The minimum absolute atomic E-state index is 0.122. The summed E-state index contributed by atoms with van der Waals surface area (Å²) in [4.78, 5) is 27.5. The number of carbonyl (C=O) groups excluding carboxylic acids is 2. The van der Waals surface area contributed by atoms with Crippen molar-refractivity contribution in [2.75, 3.05) is 24.2 Å². The van der Waals surface area contributed by atoms with Gasteiger partial charge in [0.2, 0.25) is 21.8 Å². The van der Waals surface area contributed by atoms with Crippen molar-refractivity contribution in [2.24, 2.45) is 17.8 Å². The van der Waals surface area contributed by atoms with E-state index in [2.05, 4.69) is 17.4 Å². The first kappa shape index (κ1) is 28.0. The molecule has 0 aliphatic heterocycles. The molecule has 2 amide bonds. The summed E-state index contributed by atoms with van der Waals surface area (Å²) in [5.41, 5.74) is 2.70. The third kappa shape index (κ3) is 5.82. The summed E-state index contributed by atoms with van der Waals surface area (Å²) in [5.74, 6) is 1.63. The molecule has 6 rings (SSSR count). The molecule has 39 heavy (non-hydrogen) atoms. The largest absolute Gasteiger partial charge is 0.357 e. The number of amides is 2. The van der Waals surface area contributed by atoms with Crippen molar-refractivity contribution in [3.05, 3.63) is 64.7 Å². The van der Waals surface area contributed by atoms with E-state index < -0.39 is 28.5 Å². The number of carbonyl (C=O) groups is 2. The zero-order chi connectivity index (χ0) is 27.9. The first-order valence-electron chi connectivity index (χ1n) is 13.8. The molecule has 1 atom stereocenters. The Labute approximate surface area is 236 Å². The van der Waals surface area contributed by atoms with E-state index >= 15 is 0 Å². The van der Waals surface area contributed by atoms with Crippen LogP contribution < -0.4 is 9.62 Å². The number of nitrogens with one attached hydrogen (secondary N) is 1. The maximum Gasteiger partial charge on any atom is 0.244 e. The van der Waals surface area contributed by atoms with Crippen molar-refractivity contribution in [1.29, 1.82) is 0 Å². The molecule has 4 fully saturated rings. The summed E-state index contributed by atoms with van der Waals surface area (Å²) in [5, 5.41) is 3.10. The fourth-order valence-corrected chi connectivity index (χ4v) is 8.75. The molecule has 4 bridgehead atoms. The van der Waals surface area contributed by atoms with Gasteiger partial charge >= 0.3 is 0 Å². The maximum absolute atomic E-state index is 13.6. The number of likely N-dealkylation sites (N-methyl/N-ethyl adjacent to an activating group) is 1. The Balaban J connectivity index is 1.39. The predicted molar refractivity (Wildman–Crippen MR) is 154 cm³/mol. The summed E-state index contributed by atoms with van der Waals surface area (Å²) in [6, 6.07) is 14.1. The molecule has 2 aromatic carbocycles. The Morgan fingerprint density at radius 1 is 1.03 bits per heavy atom. The van der Waals surface area contributed by atoms with Crippen LogP contribution >= 0.6 is 11.6 Å². The number of benzene rings is 2. The predicted octanol–water partition coefficient (Wildman–Crippen LogP) is 4.74. The van der Waals surface area contributed by atoms with Crippen LogP contribution in [0.5, 0.6) is 0 Å². The number of sulfonamides is 1. The van der Waals surface area contributed by atoms with Gasteiger partial charge in [0.15, 0.2) is 0 Å². The fourth-order valence-electron chi connectivity index (χ4n) is 7.68. The SMILES string of the molecule is CNC(=O)[C@H](C)N(Cc1cccc(Cl)c1)C(=O)CN(c1ccc(C23CC4CC(CC(C4)C2)C3)cc1)S(C)(=O)=O. The topological polar surface area (TPSA) is 86.8 Å². The average molecular weight is 572 g/mol. The van der Waals surface area contributed by atoms with E-state index in [0.29, 0.717) is 10.7 Å². The van der Waals surface area contributed by atoms with Gasteiger partial charge in [-0.2, -0.15) is 0 Å². The van der Waals surface area contributed by atoms with Crippen molar-refractivity contribution >= 4 is 39.1 Å². The minimum atomic E-state index is -3.77. The van der Waals surface area contributed by atoms with Crippen molar-refractivity contribution in [3.8, 4) is 0 Å². The molecule has 210 valence electrons. The molecular weight excluding hydrogens is 534 g/mol. The monoisotopic (exact) mass is 571 g/mol. The van der Waals surface area contributed by atoms with Crippen LogP contribution in [0.2, 0.25) is 5.02 Å². The second kappa shape index (κ2) is 10.8. The second-order valence-corrected chi connectivity index (χ2v) is 14.3. The zero-order valence-electron chi connectivity index (χ0n) is 22.9. The number of hydrogen-bond acceptors (Lipinski definition) is 4. The average Bonchev–Trinajstić information content (AvgIpc) is 2.88. The molecule has 4 aliphatic carbocycles. The summed E-state index contributed by atoms with van der Waals surface area (Å²) in [6.45, 7) is 1.35. The Kier molecular flexibility index (Phi) is 7.72. The van der Waals surface area contributed by atoms with Gasteiger partial charge < -0.3 is 10.2 Å². The molecule has 7 nitrogen and oxygen atoms in total. The summed E-state index contributed by atoms with van der Waals surface area (Å²) in [7, 11) is -2.26. The van der Waals surface area contributed by atoms with Crippen molar-refractivity contribution in [1.82, 2.24) is 10.2 Å². The highest BCUT2D eigenvalue weighted by Gasteiger charge is 2.51. The third-order valence-electron chi connectivity index (χ3n) is 9.14. The molecule has 4 saturated carbocycles. The lowest BCUT2D eigenvalue weighted by Crippen LogP contribution is -2.50. The van der Waals surface area contributed by atoms with Gasteiger partial charge in [-0.1, -0.05) is 35.9 Å². The van der Waals surface area contributed by atoms with Crippen LogP contribution in [-0.4, -0.2) is 51.0 Å². The van der Waals surface area contributed by atoms with Crippen molar-refractivity contribution in [2.45, 2.75) is 63.5 Å². The highest BCUT2D eigenvalue weighted by atomic mass is 35.5. The van der Waals surface area contributed by atoms with E-state index in [1.807, 2.05) is 18.2 Å². The number of hydrogen-bond donors (Lipinski definition) is 1. The van der Waals surface area contributed by atoms with E-state index in [1.54, 1.807) is 25.1 Å². The smallest absolute Gasteiger partial charge is 0.244 e. The molecule has 1 N–H and O–H groups in total. The molecule has 0 unspecified atom stereocenters. The molecule has 0 aromatic heterocycles. The van der Waals surface area contributed by atoms with Crippen LogP contribution in [0.15, 0.2) is 48.5 Å². The number of rotatable bonds is 9. The number of anilines is 1. The quantitative estimate of drug-likeness (QED) is 0.471. The molecule has 9 heteroatoms. The first-order valence-corrected chi connectivity index (χ1v) is 16.0. The van der Waals surface area contributed by atoms with E-state index in [9.17, 15) is 18.0 Å². The van der Waals surface area contributed by atoms with Gasteiger partial charge in [0.05, 0.1) is 11.9 Å². The van der Waals surface area contributed by atoms with Crippen molar-refractivity contribution in [3.63, 3.8) is 0 Å². The zero-order valence-corrected chi connectivity index (χ0v) is 24.5. The van der Waals surface area contributed by atoms with Crippen LogP contribution in [0.25, 0.3) is 0 Å². The van der Waals surface area contributed by atoms with Crippen LogP contribution in [0.1, 0.15) is 56.6 Å². The van der Waals surface area contributed by atoms with Gasteiger partial charge in [0, 0.05) is 18.6 Å². The lowest BCUT2D eigenvalue weighted by Gasteiger charge is -2.57. The van der Waals surface area contributed by atoms with Crippen LogP contribution in [0.3, 0.4) is 0 Å². The van der Waals surface area contributed by atoms with Gasteiger partial charge in [0.1, 0.15) is 12.6 Å². The fraction of sp³-hybridized carbons (Fsp3) is 0.533. The third-order valence-corrected chi connectivity index (χ3v) is 10.5. The maximum atomic E-state index is 13.6. The van der Waals surface area contributed by atoms with E-state index in [4.69, 9.17) is 11.6 Å². The molecule has 0 spiro atoms. The van der Waals surface area contributed by atoms with Gasteiger partial charge in [-0.05, 0) is 104 Å². The second-order valence-electron chi connectivity index (χ2n) is 12.0. The lowest BCUT2D eigenvalue weighted by molar-refractivity contribution is -0.139. The number of nitrogens with zero attached hydrogens (tertiary/aromatic N) is 2. The molecule has 0 radical (unpaired) electrons. The highest BCUT2D eigenvalue weighted by Crippen LogP contribution is 2.60. The van der Waals surface area contributed by atoms with Gasteiger partial charge in [-0.25, -0.2) is 8.42 Å². The van der Waals surface area contributed by atoms with Crippen LogP contribution in [-0.2, 0) is 31.6 Å². The van der Waals surface area contributed by atoms with Crippen LogP contribution in [0.4, 0.5) is 5.69 Å². The molecule has 2 aromatic rings. The minimum Gasteiger partial charge on any atom is -0.357 e. The lowest BCUT2D eigenvalue weighted by atomic mass is 9.48. The Morgan fingerprint density at radius 3 is 2.13 bits per heavy atom. The Hall–Kier alpha value is -2.58. The normalized spacial score (nSPS) is 26.2. The molecule has 0 saturated heterocycles. The van der Waals surface area contributed by atoms with E-state index in [0.717, 1.165) is 33.9 Å². The van der Waals surface area contributed by atoms with Crippen LogP contribution in [0, 0.1) is 17.8 Å². The van der Waals surface area contributed by atoms with Gasteiger partial charge in [-0.15, -0.1) is 0 Å². The van der Waals surface area contributed by atoms with Crippen molar-refractivity contribution < 1.29 is 18.0 Å². The van der Waals surface area contributed by atoms with E-state index in [1.165, 1.54) is 56.0 Å². The highest BCUT2D eigenvalue weighted by molar-refractivity contribution is 7.92. The summed E-state index contributed by atoms with van der Waals surface area (Å²) < 4.78 is 27.0. The first-order chi connectivity index (χ1) is 18.5. The molecule has 4 aliphatic rings. The molecule has 0 heterocycles. The molecular formula is C30H38ClN3O4S.